The second-order valence-electron chi connectivity index (χ2n) is 6.05. The van der Waals surface area contributed by atoms with Gasteiger partial charge in [0, 0.05) is 17.4 Å². The summed E-state index contributed by atoms with van der Waals surface area (Å²) in [5.74, 6) is 0.362. The van der Waals surface area contributed by atoms with Crippen molar-refractivity contribution in [3.05, 3.63) is 68.8 Å². The number of aromatic nitrogens is 3. The highest BCUT2D eigenvalue weighted by molar-refractivity contribution is 9.10. The van der Waals surface area contributed by atoms with Crippen molar-refractivity contribution < 1.29 is 9.21 Å². The van der Waals surface area contributed by atoms with Gasteiger partial charge in [0.25, 0.3) is 5.56 Å². The number of hydrogen-bond donors (Lipinski definition) is 1. The van der Waals surface area contributed by atoms with Gasteiger partial charge >= 0.3 is 0 Å². The summed E-state index contributed by atoms with van der Waals surface area (Å²) in [6, 6.07) is 9.19. The molecule has 0 saturated carbocycles. The summed E-state index contributed by atoms with van der Waals surface area (Å²) >= 11 is 4.89. The van der Waals surface area contributed by atoms with Crippen molar-refractivity contribution in [2.75, 3.05) is 0 Å². The topological polar surface area (TPSA) is 90.0 Å². The Kier molecular flexibility index (Phi) is 5.36. The number of carbonyl (C=O) groups excluding carboxylic acids is 1. The number of fused-ring (bicyclic) bond motifs is 1. The molecule has 9 heteroatoms. The Morgan fingerprint density at radius 2 is 2.21 bits per heavy atom. The molecule has 28 heavy (non-hydrogen) atoms. The molecule has 1 aromatic carbocycles. The molecule has 0 radical (unpaired) electrons. The van der Waals surface area contributed by atoms with Crippen molar-refractivity contribution in [2.24, 2.45) is 0 Å². The molecule has 7 nitrogen and oxygen atoms in total. The Morgan fingerprint density at radius 1 is 1.32 bits per heavy atom. The van der Waals surface area contributed by atoms with Crippen molar-refractivity contribution in [2.45, 2.75) is 19.5 Å². The highest BCUT2D eigenvalue weighted by atomic mass is 79.9. The zero-order valence-electron chi connectivity index (χ0n) is 14.6. The quantitative estimate of drug-likeness (QED) is 0.476. The van der Waals surface area contributed by atoms with Crippen LogP contribution in [0.2, 0.25) is 0 Å². The fourth-order valence-electron chi connectivity index (χ4n) is 2.69. The molecule has 142 valence electrons. The third kappa shape index (κ3) is 4.05. The predicted molar refractivity (Wildman–Crippen MR) is 110 cm³/mol. The van der Waals surface area contributed by atoms with E-state index in [0.717, 1.165) is 9.35 Å². The molecule has 0 atom stereocenters. The van der Waals surface area contributed by atoms with E-state index in [9.17, 15) is 9.59 Å². The van der Waals surface area contributed by atoms with Gasteiger partial charge in [-0.2, -0.15) is 0 Å². The van der Waals surface area contributed by atoms with Crippen LogP contribution in [0.3, 0.4) is 0 Å². The van der Waals surface area contributed by atoms with E-state index in [1.807, 2.05) is 23.6 Å². The summed E-state index contributed by atoms with van der Waals surface area (Å²) in [4.78, 5) is 34.2. The fourth-order valence-corrected chi connectivity index (χ4v) is 3.71. The normalized spacial score (nSPS) is 11.0. The Balaban J connectivity index is 1.35. The minimum atomic E-state index is -0.179. The smallest absolute Gasteiger partial charge is 0.261 e. The van der Waals surface area contributed by atoms with Crippen molar-refractivity contribution in [3.8, 4) is 10.8 Å². The number of carbonyl (C=O) groups is 1. The number of halogens is 1. The number of benzene rings is 1. The maximum absolute atomic E-state index is 12.5. The molecule has 0 aliphatic heterocycles. The first-order valence-corrected chi connectivity index (χ1v) is 10.2. The predicted octanol–water partition coefficient (Wildman–Crippen LogP) is 3.58. The molecule has 1 amide bonds. The Morgan fingerprint density at radius 3 is 3.04 bits per heavy atom. The molecule has 1 N–H and O–H groups in total. The molecule has 0 aliphatic rings. The van der Waals surface area contributed by atoms with Gasteiger partial charge < -0.3 is 9.73 Å². The summed E-state index contributed by atoms with van der Waals surface area (Å²) < 4.78 is 7.68. The number of amides is 1. The van der Waals surface area contributed by atoms with Gasteiger partial charge in [-0.1, -0.05) is 22.0 Å². The lowest BCUT2D eigenvalue weighted by atomic mass is 10.2. The van der Waals surface area contributed by atoms with Crippen LogP contribution in [0.5, 0.6) is 0 Å². The number of thiophene rings is 1. The molecule has 0 fully saturated rings. The van der Waals surface area contributed by atoms with Crippen molar-refractivity contribution in [3.63, 3.8) is 0 Å². The lowest BCUT2D eigenvalue weighted by molar-refractivity contribution is -0.121. The van der Waals surface area contributed by atoms with E-state index in [0.29, 0.717) is 22.5 Å². The summed E-state index contributed by atoms with van der Waals surface area (Å²) in [5.41, 5.74) is 1.10. The number of hydrogen-bond acceptors (Lipinski definition) is 6. The van der Waals surface area contributed by atoms with Gasteiger partial charge in [0.15, 0.2) is 0 Å². The molecule has 3 heterocycles. The Labute approximate surface area is 172 Å². The van der Waals surface area contributed by atoms with Crippen molar-refractivity contribution >= 4 is 44.1 Å². The van der Waals surface area contributed by atoms with Crippen LogP contribution in [0.4, 0.5) is 0 Å². The van der Waals surface area contributed by atoms with Gasteiger partial charge in [-0.15, -0.1) is 11.3 Å². The monoisotopic (exact) mass is 458 g/mol. The molecule has 3 aromatic heterocycles. The van der Waals surface area contributed by atoms with Gasteiger partial charge in [0.1, 0.15) is 6.26 Å². The molecule has 0 unspecified atom stereocenters. The van der Waals surface area contributed by atoms with Crippen LogP contribution < -0.4 is 10.9 Å². The van der Waals surface area contributed by atoms with Crippen LogP contribution in [0.15, 0.2) is 62.0 Å². The van der Waals surface area contributed by atoms with Crippen LogP contribution in [0, 0.1) is 0 Å². The van der Waals surface area contributed by atoms with E-state index >= 15 is 0 Å². The van der Waals surface area contributed by atoms with Crippen LogP contribution in [0.25, 0.3) is 21.7 Å². The van der Waals surface area contributed by atoms with E-state index in [2.05, 4.69) is 31.2 Å². The number of rotatable bonds is 6. The second kappa shape index (κ2) is 8.07. The van der Waals surface area contributed by atoms with Crippen LogP contribution >= 0.6 is 27.3 Å². The lowest BCUT2D eigenvalue weighted by Gasteiger charge is -2.07. The molecule has 4 rings (SSSR count). The summed E-state index contributed by atoms with van der Waals surface area (Å²) in [6.07, 6.45) is 3.17. The number of oxazole rings is 1. The summed E-state index contributed by atoms with van der Waals surface area (Å²) in [7, 11) is 0. The third-order valence-corrected chi connectivity index (χ3v) is 5.47. The van der Waals surface area contributed by atoms with Gasteiger partial charge in [0.2, 0.25) is 11.8 Å². The molecule has 0 aliphatic carbocycles. The van der Waals surface area contributed by atoms with Crippen molar-refractivity contribution in [1.82, 2.24) is 19.9 Å². The van der Waals surface area contributed by atoms with Crippen molar-refractivity contribution in [1.29, 1.82) is 0 Å². The molecule has 4 aromatic rings. The second-order valence-corrected chi connectivity index (χ2v) is 7.92. The third-order valence-electron chi connectivity index (χ3n) is 4.12. The highest BCUT2D eigenvalue weighted by Crippen LogP contribution is 2.23. The van der Waals surface area contributed by atoms with Gasteiger partial charge in [-0.3, -0.25) is 14.2 Å². The van der Waals surface area contributed by atoms with E-state index in [1.165, 1.54) is 28.5 Å². The zero-order valence-corrected chi connectivity index (χ0v) is 17.0. The van der Waals surface area contributed by atoms with Gasteiger partial charge in [-0.05, 0) is 29.6 Å². The molecule has 0 saturated heterocycles. The minimum absolute atomic E-state index is 0.163. The minimum Gasteiger partial charge on any atom is -0.443 e. The van der Waals surface area contributed by atoms with E-state index in [-0.39, 0.29) is 31.0 Å². The summed E-state index contributed by atoms with van der Waals surface area (Å²) in [6.45, 7) is 0.519. The zero-order chi connectivity index (χ0) is 19.5. The standard InChI is InChI=1S/C19H15BrN4O3S/c20-12-3-4-15-14(8-12)19(26)24(11-22-15)6-5-17(25)21-9-13-10-27-18(23-13)16-2-1-7-28-16/h1-4,7-8,10-11H,5-6,9H2,(H,21,25). The molecular weight excluding hydrogens is 444 g/mol. The van der Waals surface area contributed by atoms with Crippen LogP contribution in [0.1, 0.15) is 12.1 Å². The van der Waals surface area contributed by atoms with E-state index in [1.54, 1.807) is 12.1 Å². The fraction of sp³-hybridized carbons (Fsp3) is 0.158. The summed E-state index contributed by atoms with van der Waals surface area (Å²) in [5, 5.41) is 5.25. The maximum atomic E-state index is 12.5. The SMILES string of the molecule is O=C(CCn1cnc2ccc(Br)cc2c1=O)NCc1coc(-c2cccs2)n1. The first-order chi connectivity index (χ1) is 13.6. The van der Waals surface area contributed by atoms with Crippen LogP contribution in [-0.2, 0) is 17.9 Å². The number of nitrogens with one attached hydrogen (secondary N) is 1. The Bertz CT molecular complexity index is 1180. The largest absolute Gasteiger partial charge is 0.443 e. The number of aryl methyl sites for hydroxylation is 1. The lowest BCUT2D eigenvalue weighted by Crippen LogP contribution is -2.27. The molecule has 0 bridgehead atoms. The van der Waals surface area contributed by atoms with Gasteiger partial charge in [-0.25, -0.2) is 9.97 Å². The molecular formula is C19H15BrN4O3S. The van der Waals surface area contributed by atoms with Gasteiger partial charge in [0.05, 0.1) is 34.3 Å². The first-order valence-electron chi connectivity index (χ1n) is 8.50. The average molecular weight is 459 g/mol. The number of nitrogens with zero attached hydrogens (tertiary/aromatic N) is 3. The van der Waals surface area contributed by atoms with E-state index in [4.69, 9.17) is 4.42 Å². The highest BCUT2D eigenvalue weighted by Gasteiger charge is 2.10. The van der Waals surface area contributed by atoms with Crippen LogP contribution in [-0.4, -0.2) is 20.4 Å². The Hall–Kier alpha value is -2.78. The van der Waals surface area contributed by atoms with E-state index < -0.39 is 0 Å². The average Bonchev–Trinajstić information content (AvgIpc) is 3.38. The molecule has 0 spiro atoms. The maximum Gasteiger partial charge on any atom is 0.261 e. The first kappa shape index (κ1) is 18.6.